The van der Waals surface area contributed by atoms with E-state index in [4.69, 9.17) is 14.2 Å². The summed E-state index contributed by atoms with van der Waals surface area (Å²) in [6.45, 7) is 0.631. The van der Waals surface area contributed by atoms with Crippen molar-refractivity contribution in [1.82, 2.24) is 0 Å². The summed E-state index contributed by atoms with van der Waals surface area (Å²) in [6.07, 6.45) is 0. The SMILES string of the molecule is O=C(Nc1cccc(COc2ccc3c(c2)OCO3)c1)c1ccsc1. The first-order valence-corrected chi connectivity index (χ1v) is 8.67. The van der Waals surface area contributed by atoms with Crippen molar-refractivity contribution in [2.24, 2.45) is 0 Å². The molecule has 126 valence electrons. The van der Waals surface area contributed by atoms with Gasteiger partial charge in [0.15, 0.2) is 11.5 Å². The topological polar surface area (TPSA) is 56.8 Å². The Hall–Kier alpha value is -2.99. The number of hydrogen-bond acceptors (Lipinski definition) is 5. The van der Waals surface area contributed by atoms with Gasteiger partial charge in [-0.3, -0.25) is 4.79 Å². The molecule has 1 N–H and O–H groups in total. The molecule has 1 aliphatic rings. The van der Waals surface area contributed by atoms with Gasteiger partial charge in [0.25, 0.3) is 5.91 Å². The molecular weight excluding hydrogens is 338 g/mol. The average Bonchev–Trinajstić information content (AvgIpc) is 3.31. The third-order valence-corrected chi connectivity index (χ3v) is 4.40. The lowest BCUT2D eigenvalue weighted by molar-refractivity contribution is 0.102. The van der Waals surface area contributed by atoms with Crippen molar-refractivity contribution in [3.05, 3.63) is 70.4 Å². The highest BCUT2D eigenvalue weighted by Crippen LogP contribution is 2.35. The van der Waals surface area contributed by atoms with E-state index < -0.39 is 0 Å². The van der Waals surface area contributed by atoms with Crippen LogP contribution in [0.3, 0.4) is 0 Å². The number of thiophene rings is 1. The summed E-state index contributed by atoms with van der Waals surface area (Å²) in [4.78, 5) is 12.1. The third-order valence-electron chi connectivity index (χ3n) is 3.72. The largest absolute Gasteiger partial charge is 0.489 e. The van der Waals surface area contributed by atoms with E-state index in [0.29, 0.717) is 23.7 Å². The molecule has 1 amide bonds. The number of rotatable bonds is 5. The van der Waals surface area contributed by atoms with E-state index in [1.54, 1.807) is 6.07 Å². The maximum atomic E-state index is 12.1. The van der Waals surface area contributed by atoms with Crippen LogP contribution in [0.1, 0.15) is 15.9 Å². The van der Waals surface area contributed by atoms with Gasteiger partial charge in [-0.2, -0.15) is 11.3 Å². The van der Waals surface area contributed by atoms with Crippen LogP contribution in [0, 0.1) is 0 Å². The minimum Gasteiger partial charge on any atom is -0.489 e. The van der Waals surface area contributed by atoms with Gasteiger partial charge in [0.2, 0.25) is 6.79 Å². The van der Waals surface area contributed by atoms with Crippen LogP contribution in [0.2, 0.25) is 0 Å². The number of carbonyl (C=O) groups excluding carboxylic acids is 1. The molecule has 6 heteroatoms. The number of ether oxygens (including phenoxy) is 3. The molecule has 25 heavy (non-hydrogen) atoms. The van der Waals surface area contributed by atoms with Crippen molar-refractivity contribution < 1.29 is 19.0 Å². The number of carbonyl (C=O) groups is 1. The lowest BCUT2D eigenvalue weighted by Gasteiger charge is -2.09. The Labute approximate surface area is 148 Å². The second-order valence-corrected chi connectivity index (χ2v) is 6.25. The van der Waals surface area contributed by atoms with Gasteiger partial charge in [-0.15, -0.1) is 0 Å². The molecule has 0 aliphatic carbocycles. The number of benzene rings is 2. The molecule has 3 aromatic rings. The third kappa shape index (κ3) is 3.59. The van der Waals surface area contributed by atoms with Crippen LogP contribution in [-0.2, 0) is 6.61 Å². The Morgan fingerprint density at radius 2 is 2.04 bits per heavy atom. The van der Waals surface area contributed by atoms with Crippen molar-refractivity contribution >= 4 is 22.9 Å². The minimum absolute atomic E-state index is 0.116. The Morgan fingerprint density at radius 3 is 2.92 bits per heavy atom. The molecule has 1 aliphatic heterocycles. The monoisotopic (exact) mass is 353 g/mol. The molecule has 0 saturated heterocycles. The van der Waals surface area contributed by atoms with Crippen LogP contribution >= 0.6 is 11.3 Å². The van der Waals surface area contributed by atoms with Gasteiger partial charge in [-0.25, -0.2) is 0 Å². The van der Waals surface area contributed by atoms with Crippen molar-refractivity contribution in [2.75, 3.05) is 12.1 Å². The van der Waals surface area contributed by atoms with Gasteiger partial charge < -0.3 is 19.5 Å². The number of hydrogen-bond donors (Lipinski definition) is 1. The normalized spacial score (nSPS) is 12.0. The Balaban J connectivity index is 1.40. The Bertz CT molecular complexity index is 892. The zero-order valence-corrected chi connectivity index (χ0v) is 14.0. The summed E-state index contributed by atoms with van der Waals surface area (Å²) in [6, 6.07) is 14.9. The second-order valence-electron chi connectivity index (χ2n) is 5.47. The highest BCUT2D eigenvalue weighted by atomic mass is 32.1. The van der Waals surface area contributed by atoms with E-state index in [1.807, 2.05) is 53.2 Å². The molecule has 0 fully saturated rings. The van der Waals surface area contributed by atoms with Gasteiger partial charge in [0, 0.05) is 17.1 Å². The maximum absolute atomic E-state index is 12.1. The highest BCUT2D eigenvalue weighted by Gasteiger charge is 2.13. The van der Waals surface area contributed by atoms with E-state index in [0.717, 1.165) is 17.0 Å². The first kappa shape index (κ1) is 15.5. The molecule has 5 nitrogen and oxygen atoms in total. The highest BCUT2D eigenvalue weighted by molar-refractivity contribution is 7.08. The fraction of sp³-hybridized carbons (Fsp3) is 0.105. The van der Waals surface area contributed by atoms with E-state index in [2.05, 4.69) is 5.32 Å². The first-order chi connectivity index (χ1) is 12.3. The van der Waals surface area contributed by atoms with Gasteiger partial charge in [-0.05, 0) is 41.3 Å². The van der Waals surface area contributed by atoms with Crippen LogP contribution in [-0.4, -0.2) is 12.7 Å². The van der Waals surface area contributed by atoms with Crippen LogP contribution in [0.15, 0.2) is 59.3 Å². The molecule has 2 aromatic carbocycles. The first-order valence-electron chi connectivity index (χ1n) is 7.73. The molecule has 0 saturated carbocycles. The predicted octanol–water partition coefficient (Wildman–Crippen LogP) is 4.31. The zero-order valence-electron chi connectivity index (χ0n) is 13.2. The van der Waals surface area contributed by atoms with E-state index >= 15 is 0 Å². The van der Waals surface area contributed by atoms with E-state index in [1.165, 1.54) is 11.3 Å². The van der Waals surface area contributed by atoms with Gasteiger partial charge in [-0.1, -0.05) is 12.1 Å². The number of amides is 1. The molecule has 1 aromatic heterocycles. The van der Waals surface area contributed by atoms with Gasteiger partial charge in [0.05, 0.1) is 5.56 Å². The van der Waals surface area contributed by atoms with Crippen molar-refractivity contribution in [2.45, 2.75) is 6.61 Å². The summed E-state index contributed by atoms with van der Waals surface area (Å²) in [7, 11) is 0. The summed E-state index contributed by atoms with van der Waals surface area (Å²) < 4.78 is 16.4. The standard InChI is InChI=1S/C19H15NO4S/c21-19(14-6-7-25-11-14)20-15-3-1-2-13(8-15)10-22-16-4-5-17-18(9-16)24-12-23-17/h1-9,11H,10,12H2,(H,20,21). The minimum atomic E-state index is -0.116. The Kier molecular flexibility index (Phi) is 4.26. The molecule has 2 heterocycles. The van der Waals surface area contributed by atoms with Crippen LogP contribution < -0.4 is 19.5 Å². The molecule has 4 rings (SSSR count). The fourth-order valence-corrected chi connectivity index (χ4v) is 3.11. The molecule has 0 radical (unpaired) electrons. The maximum Gasteiger partial charge on any atom is 0.256 e. The predicted molar refractivity (Wildman–Crippen MR) is 95.6 cm³/mol. The van der Waals surface area contributed by atoms with Crippen molar-refractivity contribution in [1.29, 1.82) is 0 Å². The number of fused-ring (bicyclic) bond motifs is 1. The van der Waals surface area contributed by atoms with E-state index in [-0.39, 0.29) is 12.7 Å². The number of anilines is 1. The smallest absolute Gasteiger partial charge is 0.256 e. The quantitative estimate of drug-likeness (QED) is 0.743. The second kappa shape index (κ2) is 6.86. The van der Waals surface area contributed by atoms with Crippen molar-refractivity contribution in [3.63, 3.8) is 0 Å². The van der Waals surface area contributed by atoms with Crippen LogP contribution in [0.5, 0.6) is 17.2 Å². The molecule has 0 bridgehead atoms. The molecule has 0 spiro atoms. The molecule has 0 unspecified atom stereocenters. The number of nitrogens with one attached hydrogen (secondary N) is 1. The van der Waals surface area contributed by atoms with Gasteiger partial charge >= 0.3 is 0 Å². The fourth-order valence-electron chi connectivity index (χ4n) is 2.47. The zero-order chi connectivity index (χ0) is 17.1. The summed E-state index contributed by atoms with van der Waals surface area (Å²) in [5, 5.41) is 6.59. The average molecular weight is 353 g/mol. The Morgan fingerprint density at radius 1 is 1.12 bits per heavy atom. The molecule has 0 atom stereocenters. The lowest BCUT2D eigenvalue weighted by atomic mass is 10.2. The van der Waals surface area contributed by atoms with Crippen LogP contribution in [0.25, 0.3) is 0 Å². The lowest BCUT2D eigenvalue weighted by Crippen LogP contribution is -2.11. The summed E-state index contributed by atoms with van der Waals surface area (Å²) >= 11 is 1.50. The summed E-state index contributed by atoms with van der Waals surface area (Å²) in [5.74, 6) is 2.01. The van der Waals surface area contributed by atoms with Crippen LogP contribution in [0.4, 0.5) is 5.69 Å². The van der Waals surface area contributed by atoms with E-state index in [9.17, 15) is 4.79 Å². The van der Waals surface area contributed by atoms with Crippen molar-refractivity contribution in [3.8, 4) is 17.2 Å². The summed E-state index contributed by atoms with van der Waals surface area (Å²) in [5.41, 5.74) is 2.36. The molecular formula is C19H15NO4S. The van der Waals surface area contributed by atoms with Gasteiger partial charge in [0.1, 0.15) is 12.4 Å².